The molecule has 6 nitrogen and oxygen atoms in total. The third-order valence-corrected chi connectivity index (χ3v) is 5.59. The van der Waals surface area contributed by atoms with Gasteiger partial charge in [0.15, 0.2) is 9.84 Å². The Hall–Kier alpha value is -2.67. The molecule has 1 atom stereocenters. The molecule has 7 heteroatoms. The number of carboxylic acid groups (broad SMARTS) is 1. The van der Waals surface area contributed by atoms with Crippen LogP contribution in [0.2, 0.25) is 0 Å². The van der Waals surface area contributed by atoms with Gasteiger partial charge < -0.3 is 10.4 Å². The van der Waals surface area contributed by atoms with Gasteiger partial charge in [0.2, 0.25) is 0 Å². The molecule has 2 aromatic rings. The van der Waals surface area contributed by atoms with Crippen molar-refractivity contribution in [2.75, 3.05) is 12.8 Å². The lowest BCUT2D eigenvalue weighted by Gasteiger charge is -2.15. The van der Waals surface area contributed by atoms with Crippen LogP contribution < -0.4 is 5.32 Å². The highest BCUT2D eigenvalue weighted by Crippen LogP contribution is 2.20. The van der Waals surface area contributed by atoms with E-state index in [0.29, 0.717) is 11.1 Å². The van der Waals surface area contributed by atoms with Crippen LogP contribution in [0.25, 0.3) is 0 Å². The largest absolute Gasteiger partial charge is 0.481 e. The summed E-state index contributed by atoms with van der Waals surface area (Å²) in [4.78, 5) is 24.2. The summed E-state index contributed by atoms with van der Waals surface area (Å²) in [7, 11) is -3.46. The van der Waals surface area contributed by atoms with Crippen LogP contribution in [0.1, 0.15) is 27.0 Å². The maximum atomic E-state index is 12.6. The summed E-state index contributed by atoms with van der Waals surface area (Å²) in [5.41, 5.74) is 2.45. The van der Waals surface area contributed by atoms with Crippen LogP contribution in [0.5, 0.6) is 0 Å². The number of carbonyl (C=O) groups excluding carboxylic acids is 1. The van der Waals surface area contributed by atoms with E-state index in [1.54, 1.807) is 13.8 Å². The summed E-state index contributed by atoms with van der Waals surface area (Å²) in [5.74, 6) is -2.27. The molecule has 0 aromatic heterocycles. The average molecular weight is 389 g/mol. The van der Waals surface area contributed by atoms with Crippen molar-refractivity contribution in [3.05, 3.63) is 64.7 Å². The van der Waals surface area contributed by atoms with Gasteiger partial charge in [-0.2, -0.15) is 0 Å². The van der Waals surface area contributed by atoms with Crippen molar-refractivity contribution < 1.29 is 23.1 Å². The zero-order chi connectivity index (χ0) is 20.2. The Labute approximate surface area is 159 Å². The first-order chi connectivity index (χ1) is 12.6. The van der Waals surface area contributed by atoms with E-state index in [2.05, 4.69) is 5.32 Å². The van der Waals surface area contributed by atoms with Crippen LogP contribution >= 0.6 is 0 Å². The number of sulfone groups is 1. The van der Waals surface area contributed by atoms with Gasteiger partial charge in [0.25, 0.3) is 5.91 Å². The Kier molecular flexibility index (Phi) is 6.38. The van der Waals surface area contributed by atoms with Gasteiger partial charge in [-0.05, 0) is 49.1 Å². The summed E-state index contributed by atoms with van der Waals surface area (Å²) in [6.07, 6.45) is 1.37. The number of hydrogen-bond acceptors (Lipinski definition) is 4. The smallest absolute Gasteiger partial charge is 0.308 e. The van der Waals surface area contributed by atoms with E-state index in [4.69, 9.17) is 0 Å². The maximum Gasteiger partial charge on any atom is 0.308 e. The lowest BCUT2D eigenvalue weighted by molar-refractivity contribution is -0.141. The number of amides is 1. The minimum atomic E-state index is -3.46. The molecule has 27 heavy (non-hydrogen) atoms. The lowest BCUT2D eigenvalue weighted by atomic mass is 9.98. The summed E-state index contributed by atoms with van der Waals surface area (Å²) in [6.45, 7) is 3.41. The minimum absolute atomic E-state index is 0.0509. The third kappa shape index (κ3) is 5.40. The van der Waals surface area contributed by atoms with E-state index in [1.807, 2.05) is 30.3 Å². The Morgan fingerprint density at radius 3 is 2.30 bits per heavy atom. The molecule has 2 rings (SSSR count). The van der Waals surface area contributed by atoms with Crippen LogP contribution in [-0.2, 0) is 21.1 Å². The molecular weight excluding hydrogens is 366 g/mol. The number of carbonyl (C=O) groups is 2. The van der Waals surface area contributed by atoms with Crippen molar-refractivity contribution in [1.82, 2.24) is 5.32 Å². The van der Waals surface area contributed by atoms with Gasteiger partial charge in [-0.15, -0.1) is 0 Å². The molecule has 144 valence electrons. The Bertz CT molecular complexity index is 952. The number of aryl methyl sites for hydroxylation is 1. The van der Waals surface area contributed by atoms with Gasteiger partial charge in [0.05, 0.1) is 10.8 Å². The average Bonchev–Trinajstić information content (AvgIpc) is 2.60. The van der Waals surface area contributed by atoms with E-state index < -0.39 is 27.6 Å². The standard InChI is InChI=1S/C20H23NO5S/c1-13-9-17(27(3,25)26)11-18(14(13)2)19(22)21-12-16(20(23)24)10-15-7-5-4-6-8-15/h4-9,11,16H,10,12H2,1-3H3,(H,21,22)(H,23,24). The van der Waals surface area contributed by atoms with E-state index in [-0.39, 0.29) is 23.4 Å². The molecule has 0 saturated heterocycles. The normalized spacial score (nSPS) is 12.4. The van der Waals surface area contributed by atoms with E-state index in [0.717, 1.165) is 11.8 Å². The molecule has 0 spiro atoms. The first-order valence-electron chi connectivity index (χ1n) is 8.46. The molecule has 0 heterocycles. The van der Waals surface area contributed by atoms with Crippen LogP contribution in [0.3, 0.4) is 0 Å². The van der Waals surface area contributed by atoms with Gasteiger partial charge in [-0.25, -0.2) is 8.42 Å². The highest BCUT2D eigenvalue weighted by Gasteiger charge is 2.21. The molecule has 0 radical (unpaired) electrons. The van der Waals surface area contributed by atoms with Gasteiger partial charge in [-0.3, -0.25) is 9.59 Å². The fraction of sp³-hybridized carbons (Fsp3) is 0.300. The fourth-order valence-electron chi connectivity index (χ4n) is 2.73. The Morgan fingerprint density at radius 1 is 1.11 bits per heavy atom. The van der Waals surface area contributed by atoms with Crippen LogP contribution in [0, 0.1) is 19.8 Å². The highest BCUT2D eigenvalue weighted by atomic mass is 32.2. The molecule has 0 aliphatic rings. The second kappa shape index (κ2) is 8.35. The lowest BCUT2D eigenvalue weighted by Crippen LogP contribution is -2.34. The quantitative estimate of drug-likeness (QED) is 0.757. The second-order valence-corrected chi connectivity index (χ2v) is 8.64. The second-order valence-electron chi connectivity index (χ2n) is 6.62. The van der Waals surface area contributed by atoms with E-state index >= 15 is 0 Å². The molecule has 2 N–H and O–H groups in total. The minimum Gasteiger partial charge on any atom is -0.481 e. The molecule has 0 bridgehead atoms. The summed E-state index contributed by atoms with van der Waals surface area (Å²) < 4.78 is 23.6. The summed E-state index contributed by atoms with van der Waals surface area (Å²) in [5, 5.41) is 12.1. The van der Waals surface area contributed by atoms with Crippen molar-refractivity contribution in [1.29, 1.82) is 0 Å². The van der Waals surface area contributed by atoms with Crippen LogP contribution in [0.15, 0.2) is 47.4 Å². The van der Waals surface area contributed by atoms with Crippen molar-refractivity contribution in [3.8, 4) is 0 Å². The maximum absolute atomic E-state index is 12.6. The first-order valence-corrected chi connectivity index (χ1v) is 10.3. The predicted octanol–water partition coefficient (Wildman–Crippen LogP) is 2.38. The topological polar surface area (TPSA) is 101 Å². The van der Waals surface area contributed by atoms with Crippen molar-refractivity contribution in [3.63, 3.8) is 0 Å². The fourth-order valence-corrected chi connectivity index (χ4v) is 3.46. The first kappa shape index (κ1) is 20.6. The SMILES string of the molecule is Cc1cc(S(C)(=O)=O)cc(C(=O)NCC(Cc2ccccc2)C(=O)O)c1C. The number of hydrogen-bond donors (Lipinski definition) is 2. The van der Waals surface area contributed by atoms with Gasteiger partial charge in [0, 0.05) is 18.4 Å². The molecule has 1 unspecified atom stereocenters. The van der Waals surface area contributed by atoms with Gasteiger partial charge in [-0.1, -0.05) is 30.3 Å². The predicted molar refractivity (Wildman–Crippen MR) is 103 cm³/mol. The Morgan fingerprint density at radius 2 is 1.74 bits per heavy atom. The van der Waals surface area contributed by atoms with Gasteiger partial charge >= 0.3 is 5.97 Å². The number of nitrogens with one attached hydrogen (secondary N) is 1. The zero-order valence-corrected chi connectivity index (χ0v) is 16.3. The number of benzene rings is 2. The van der Waals surface area contributed by atoms with Crippen molar-refractivity contribution >= 4 is 21.7 Å². The van der Waals surface area contributed by atoms with Crippen LogP contribution in [0.4, 0.5) is 0 Å². The molecule has 0 fully saturated rings. The van der Waals surface area contributed by atoms with Crippen molar-refractivity contribution in [2.24, 2.45) is 5.92 Å². The monoisotopic (exact) mass is 389 g/mol. The van der Waals surface area contributed by atoms with E-state index in [9.17, 15) is 23.1 Å². The molecule has 0 aliphatic heterocycles. The van der Waals surface area contributed by atoms with Gasteiger partial charge in [0.1, 0.15) is 0 Å². The van der Waals surface area contributed by atoms with Crippen LogP contribution in [-0.4, -0.2) is 38.2 Å². The molecule has 1 amide bonds. The third-order valence-electron chi connectivity index (χ3n) is 4.50. The molecule has 2 aromatic carbocycles. The molecule has 0 saturated carbocycles. The van der Waals surface area contributed by atoms with E-state index in [1.165, 1.54) is 12.1 Å². The highest BCUT2D eigenvalue weighted by molar-refractivity contribution is 7.90. The molecular formula is C20H23NO5S. The summed E-state index contributed by atoms with van der Waals surface area (Å²) >= 11 is 0. The number of rotatable bonds is 7. The Balaban J connectivity index is 2.18. The summed E-state index contributed by atoms with van der Waals surface area (Å²) in [6, 6.07) is 12.0. The zero-order valence-electron chi connectivity index (χ0n) is 15.5. The number of aliphatic carboxylic acids is 1. The van der Waals surface area contributed by atoms with Crippen molar-refractivity contribution in [2.45, 2.75) is 25.2 Å². The number of carboxylic acids is 1. The molecule has 0 aliphatic carbocycles.